The first kappa shape index (κ1) is 39.2. The highest BCUT2D eigenvalue weighted by atomic mass is 15.2. The number of benzene rings is 10. The Bertz CT molecular complexity index is 3990. The Labute approximate surface area is 393 Å². The fourth-order valence-corrected chi connectivity index (χ4v) is 10.1. The first-order chi connectivity index (χ1) is 33.8. The first-order valence-corrected chi connectivity index (χ1v) is 23.0. The van der Waals surface area contributed by atoms with Crippen LogP contribution in [0.1, 0.15) is 0 Å². The van der Waals surface area contributed by atoms with E-state index < -0.39 is 0 Å². The summed E-state index contributed by atoms with van der Waals surface area (Å²) in [6.07, 6.45) is 0. The Kier molecular flexibility index (Phi) is 9.43. The van der Waals surface area contributed by atoms with E-state index in [1.54, 1.807) is 0 Å². The van der Waals surface area contributed by atoms with Gasteiger partial charge < -0.3 is 4.57 Å². The lowest BCUT2D eigenvalue weighted by atomic mass is 9.90. The van der Waals surface area contributed by atoms with Gasteiger partial charge in [-0.1, -0.05) is 237 Å². The quantitative estimate of drug-likeness (QED) is 0.153. The Morgan fingerprint density at radius 3 is 1.24 bits per heavy atom. The van der Waals surface area contributed by atoms with E-state index in [2.05, 4.69) is 234 Å². The Morgan fingerprint density at radius 2 is 0.632 bits per heavy atom. The second kappa shape index (κ2) is 16.4. The third-order valence-electron chi connectivity index (χ3n) is 13.2. The van der Waals surface area contributed by atoms with Crippen LogP contribution in [0.4, 0.5) is 0 Å². The molecule has 10 aromatic carbocycles. The molecule has 0 amide bonds. The third kappa shape index (κ3) is 6.51. The maximum absolute atomic E-state index is 5.44. The van der Waals surface area contributed by atoms with E-state index in [9.17, 15) is 0 Å². The van der Waals surface area contributed by atoms with Crippen molar-refractivity contribution in [3.63, 3.8) is 0 Å². The molecule has 0 fully saturated rings. The summed E-state index contributed by atoms with van der Waals surface area (Å²) in [7, 11) is 0. The molecule has 3 heterocycles. The summed E-state index contributed by atoms with van der Waals surface area (Å²) in [5.74, 6) is 1.74. The van der Waals surface area contributed by atoms with Crippen LogP contribution in [-0.4, -0.2) is 24.1 Å². The minimum absolute atomic E-state index is 0.544. The molecule has 318 valence electrons. The Morgan fingerprint density at radius 1 is 0.235 bits per heavy atom. The van der Waals surface area contributed by atoms with Crippen LogP contribution in [0.3, 0.4) is 0 Å². The van der Waals surface area contributed by atoms with Gasteiger partial charge in [-0.2, -0.15) is 9.97 Å². The van der Waals surface area contributed by atoms with Gasteiger partial charge in [-0.3, -0.25) is 4.57 Å². The van der Waals surface area contributed by atoms with Crippen molar-refractivity contribution in [1.29, 1.82) is 0 Å². The van der Waals surface area contributed by atoms with Gasteiger partial charge in [0.05, 0.1) is 27.8 Å². The van der Waals surface area contributed by atoms with Crippen molar-refractivity contribution >= 4 is 43.6 Å². The SMILES string of the molecule is c1ccc(-c2ccc(-c3nc(-c4ccccc4)nc(-n4c5ccccc5c5ccc6c7ccccc7n(-c7c(-c8ccccc8)cccc7-c7ccccc7-c7ccccc7)c6c54)n3)cc2)cc1. The number of aromatic nitrogens is 5. The van der Waals surface area contributed by atoms with Gasteiger partial charge in [0.25, 0.3) is 0 Å². The molecule has 0 aliphatic heterocycles. The molecule has 0 aliphatic rings. The monoisotopic (exact) mass is 867 g/mol. The molecule has 68 heavy (non-hydrogen) atoms. The summed E-state index contributed by atoms with van der Waals surface area (Å²) in [5, 5.41) is 4.52. The van der Waals surface area contributed by atoms with Gasteiger partial charge in [0.2, 0.25) is 5.95 Å². The predicted octanol–water partition coefficient (Wildman–Crippen LogP) is 16.1. The van der Waals surface area contributed by atoms with E-state index in [4.69, 9.17) is 15.0 Å². The van der Waals surface area contributed by atoms with Crippen molar-refractivity contribution in [3.8, 4) is 78.9 Å². The van der Waals surface area contributed by atoms with Crippen LogP contribution in [0.25, 0.3) is 123 Å². The van der Waals surface area contributed by atoms with Crippen molar-refractivity contribution < 1.29 is 0 Å². The molecule has 3 aromatic heterocycles. The maximum Gasteiger partial charge on any atom is 0.238 e. The molecule has 0 aliphatic carbocycles. The number of hydrogen-bond acceptors (Lipinski definition) is 3. The van der Waals surface area contributed by atoms with E-state index in [1.807, 2.05) is 24.3 Å². The fraction of sp³-hybridized carbons (Fsp3) is 0. The van der Waals surface area contributed by atoms with Crippen molar-refractivity contribution in [2.45, 2.75) is 0 Å². The Balaban J connectivity index is 1.16. The average molecular weight is 868 g/mol. The van der Waals surface area contributed by atoms with Crippen LogP contribution in [0.2, 0.25) is 0 Å². The minimum Gasteiger partial charge on any atom is -0.306 e. The molecule has 0 bridgehead atoms. The molecule has 0 unspecified atom stereocenters. The largest absolute Gasteiger partial charge is 0.306 e. The van der Waals surface area contributed by atoms with Gasteiger partial charge in [0, 0.05) is 43.8 Å². The summed E-state index contributed by atoms with van der Waals surface area (Å²) in [6, 6.07) is 88.3. The zero-order valence-electron chi connectivity index (χ0n) is 36.9. The summed E-state index contributed by atoms with van der Waals surface area (Å²) in [4.78, 5) is 16.0. The van der Waals surface area contributed by atoms with Gasteiger partial charge in [0.15, 0.2) is 11.6 Å². The van der Waals surface area contributed by atoms with Crippen molar-refractivity contribution in [2.24, 2.45) is 0 Å². The van der Waals surface area contributed by atoms with Crippen molar-refractivity contribution in [3.05, 3.63) is 249 Å². The van der Waals surface area contributed by atoms with Crippen LogP contribution in [-0.2, 0) is 0 Å². The second-order valence-corrected chi connectivity index (χ2v) is 17.1. The lowest BCUT2D eigenvalue weighted by molar-refractivity contribution is 0.953. The van der Waals surface area contributed by atoms with Crippen LogP contribution >= 0.6 is 0 Å². The van der Waals surface area contributed by atoms with E-state index in [-0.39, 0.29) is 0 Å². The fourth-order valence-electron chi connectivity index (χ4n) is 10.1. The molecule has 0 saturated heterocycles. The summed E-state index contributed by atoms with van der Waals surface area (Å²) in [6.45, 7) is 0. The summed E-state index contributed by atoms with van der Waals surface area (Å²) >= 11 is 0. The van der Waals surface area contributed by atoms with Gasteiger partial charge in [-0.15, -0.1) is 0 Å². The second-order valence-electron chi connectivity index (χ2n) is 17.1. The number of hydrogen-bond donors (Lipinski definition) is 0. The van der Waals surface area contributed by atoms with E-state index in [0.717, 1.165) is 93.8 Å². The number of para-hydroxylation sites is 3. The molecule has 13 aromatic rings. The Hall–Kier alpha value is -9.19. The van der Waals surface area contributed by atoms with Gasteiger partial charge in [-0.25, -0.2) is 4.98 Å². The number of rotatable bonds is 8. The first-order valence-electron chi connectivity index (χ1n) is 23.0. The molecule has 5 heteroatoms. The molecule has 0 saturated carbocycles. The molecule has 0 spiro atoms. The molecule has 5 nitrogen and oxygen atoms in total. The molecular weight excluding hydrogens is 827 g/mol. The molecule has 13 rings (SSSR count). The summed E-state index contributed by atoms with van der Waals surface area (Å²) < 4.78 is 4.80. The van der Waals surface area contributed by atoms with Crippen LogP contribution < -0.4 is 0 Å². The van der Waals surface area contributed by atoms with Crippen LogP contribution in [0, 0.1) is 0 Å². The molecule has 0 N–H and O–H groups in total. The highest BCUT2D eigenvalue weighted by molar-refractivity contribution is 6.24. The number of nitrogens with zero attached hydrogens (tertiary/aromatic N) is 5. The lowest BCUT2D eigenvalue weighted by Gasteiger charge is -2.21. The molecule has 0 atom stereocenters. The lowest BCUT2D eigenvalue weighted by Crippen LogP contribution is -2.07. The predicted molar refractivity (Wildman–Crippen MR) is 281 cm³/mol. The highest BCUT2D eigenvalue weighted by Crippen LogP contribution is 2.47. The normalized spacial score (nSPS) is 11.5. The van der Waals surface area contributed by atoms with Gasteiger partial charge in [0.1, 0.15) is 0 Å². The number of fused-ring (bicyclic) bond motifs is 7. The van der Waals surface area contributed by atoms with E-state index in [0.29, 0.717) is 17.6 Å². The van der Waals surface area contributed by atoms with Crippen LogP contribution in [0.15, 0.2) is 249 Å². The molecular formula is C63H41N5. The third-order valence-corrected chi connectivity index (χ3v) is 13.2. The zero-order valence-corrected chi connectivity index (χ0v) is 36.9. The van der Waals surface area contributed by atoms with Gasteiger partial charge in [-0.05, 0) is 45.5 Å². The van der Waals surface area contributed by atoms with Gasteiger partial charge >= 0.3 is 0 Å². The summed E-state index contributed by atoms with van der Waals surface area (Å²) in [5.41, 5.74) is 16.3. The average Bonchev–Trinajstić information content (AvgIpc) is 3.94. The maximum atomic E-state index is 5.44. The minimum atomic E-state index is 0.544. The molecule has 0 radical (unpaired) electrons. The topological polar surface area (TPSA) is 48.5 Å². The zero-order chi connectivity index (χ0) is 45.0. The highest BCUT2D eigenvalue weighted by Gasteiger charge is 2.26. The van der Waals surface area contributed by atoms with Crippen molar-refractivity contribution in [2.75, 3.05) is 0 Å². The van der Waals surface area contributed by atoms with Crippen molar-refractivity contribution in [1.82, 2.24) is 24.1 Å². The standard InChI is InChI=1S/C63H41N5/c1-5-20-42(21-6-1)43-36-38-47(39-37-43)62-64-61(46-26-11-4-12-27-46)65-63(66-62)68-57-35-18-16-31-52(57)55-41-40-54-51-30-15-17-34-56(51)67(59(54)60(55)68)58-49(45-24-9-3-10-25-45)32-19-33-53(58)50-29-14-13-28-48(50)44-22-7-2-8-23-44/h1-41H. The van der Waals surface area contributed by atoms with E-state index >= 15 is 0 Å². The van der Waals surface area contributed by atoms with E-state index in [1.165, 1.54) is 11.1 Å². The smallest absolute Gasteiger partial charge is 0.238 e. The van der Waals surface area contributed by atoms with Crippen LogP contribution in [0.5, 0.6) is 0 Å².